The molecule has 1 aliphatic rings. The standard InChI is InChI=1S/C35H28FN5.C32H30FN5.C2H6/c1-4-23(19-28(5-2)38-22(3)24-9-7-6-8-10-24)26-13-16-32-29(20-26)35(41-40-32)33-21-30-31(39-33)17-18-37-34(30)25-11-14-27(36)15-12-25;1-3-21(20-38-15-5-6-16-38)17-22(4-2)24-9-12-29-26(18-24)32(37-36-29)30-19-27-28(35-30)13-14-34-31(27)23-7-10-25(33)11-8-23;1-2/h4-21,38-39H,2-3H2,1H3,(H,40,41);3-4,7-14,17-19,35H,1,5-6,15-16,20H2,2H3,(H,36,37);1-2H3/b23-4+,28-19+;21-17+,22-4+;. The second-order valence-electron chi connectivity index (χ2n) is 19.5. The minimum Gasteiger partial charge on any atom is -0.356 e. The van der Waals surface area contributed by atoms with Crippen molar-refractivity contribution in [3.63, 3.8) is 0 Å². The fourth-order valence-corrected chi connectivity index (χ4v) is 10.3. The average Bonchev–Trinajstić information content (AvgIpc) is 4.50. The van der Waals surface area contributed by atoms with Crippen LogP contribution in [-0.2, 0) is 0 Å². The summed E-state index contributed by atoms with van der Waals surface area (Å²) in [6.07, 6.45) is 18.4. The summed E-state index contributed by atoms with van der Waals surface area (Å²) in [6, 6.07) is 43.5. The zero-order valence-corrected chi connectivity index (χ0v) is 46.0. The van der Waals surface area contributed by atoms with E-state index in [9.17, 15) is 8.78 Å². The SMILES string of the molecule is C=C/C(=C\C(=C/C)c1ccc2[nH]nc(-c3cc4c(-c5ccc(F)cc5)nccc4[nH]3)c2c1)CN1CCCC1.C=C/C(=C\C(=C/C)c1ccc2[nH]nc(-c3cc4c(-c5ccc(F)cc5)nccc4[nH]3)c2c1)NC(=C)c1ccccc1.CC. The van der Waals surface area contributed by atoms with Crippen LogP contribution in [0.3, 0.4) is 0 Å². The molecule has 1 saturated heterocycles. The van der Waals surface area contributed by atoms with Gasteiger partial charge in [0, 0.05) is 74.0 Å². The molecule has 1 fully saturated rings. The number of rotatable bonds is 15. The molecule has 0 saturated carbocycles. The Morgan fingerprint density at radius 2 is 1.04 bits per heavy atom. The molecular formula is C69H64F2N10. The molecule has 81 heavy (non-hydrogen) atoms. The minimum atomic E-state index is -0.276. The molecule has 0 radical (unpaired) electrons. The van der Waals surface area contributed by atoms with Gasteiger partial charge in [-0.3, -0.25) is 25.1 Å². The van der Waals surface area contributed by atoms with Crippen molar-refractivity contribution in [3.05, 3.63) is 248 Å². The highest BCUT2D eigenvalue weighted by molar-refractivity contribution is 6.02. The summed E-state index contributed by atoms with van der Waals surface area (Å²) in [5.74, 6) is -0.539. The maximum absolute atomic E-state index is 13.5. The maximum Gasteiger partial charge on any atom is 0.123 e. The van der Waals surface area contributed by atoms with E-state index in [0.29, 0.717) is 0 Å². The van der Waals surface area contributed by atoms with Gasteiger partial charge >= 0.3 is 0 Å². The zero-order valence-electron chi connectivity index (χ0n) is 46.0. The van der Waals surface area contributed by atoms with Crippen LogP contribution in [0.25, 0.3) is 106 Å². The van der Waals surface area contributed by atoms with Gasteiger partial charge in [0.15, 0.2) is 0 Å². The molecule has 0 atom stereocenters. The Kier molecular flexibility index (Phi) is 16.8. The first kappa shape index (κ1) is 54.6. The molecule has 0 spiro atoms. The lowest BCUT2D eigenvalue weighted by molar-refractivity contribution is 0.371. The Labute approximate surface area is 470 Å². The van der Waals surface area contributed by atoms with E-state index in [1.807, 2.05) is 75.4 Å². The number of nitrogens with zero attached hydrogens (tertiary/aromatic N) is 5. The molecule has 5 aromatic carbocycles. The molecule has 5 N–H and O–H groups in total. The molecule has 0 aliphatic carbocycles. The van der Waals surface area contributed by atoms with E-state index >= 15 is 0 Å². The Bertz CT molecular complexity index is 4180. The van der Waals surface area contributed by atoms with Crippen molar-refractivity contribution in [1.82, 2.24) is 50.5 Å². The average molecular weight is 1070 g/mol. The summed E-state index contributed by atoms with van der Waals surface area (Å²) in [5.41, 5.74) is 18.8. The number of allylic oxidation sites excluding steroid dienone is 7. The van der Waals surface area contributed by atoms with E-state index in [1.54, 1.807) is 42.7 Å². The number of nitrogens with one attached hydrogen (secondary N) is 5. The largest absolute Gasteiger partial charge is 0.356 e. The Hall–Kier alpha value is -9.78. The van der Waals surface area contributed by atoms with Crippen LogP contribution in [0.2, 0.25) is 0 Å². The molecule has 11 aromatic rings. The third-order valence-electron chi connectivity index (χ3n) is 14.4. The van der Waals surface area contributed by atoms with Crippen LogP contribution in [0, 0.1) is 11.6 Å². The first-order chi connectivity index (χ1) is 39.7. The van der Waals surface area contributed by atoms with Crippen LogP contribution < -0.4 is 5.32 Å². The zero-order chi connectivity index (χ0) is 56.4. The minimum absolute atomic E-state index is 0.263. The molecule has 0 unspecified atom stereocenters. The van der Waals surface area contributed by atoms with E-state index in [-0.39, 0.29) is 11.6 Å². The lowest BCUT2D eigenvalue weighted by Crippen LogP contribution is -2.21. The quantitative estimate of drug-likeness (QED) is 0.0650. The summed E-state index contributed by atoms with van der Waals surface area (Å²) in [5, 5.41) is 23.0. The predicted octanol–water partition coefficient (Wildman–Crippen LogP) is 17.2. The van der Waals surface area contributed by atoms with Crippen LogP contribution in [-0.4, -0.2) is 64.9 Å². The van der Waals surface area contributed by atoms with Crippen LogP contribution in [0.4, 0.5) is 8.78 Å². The highest BCUT2D eigenvalue weighted by Gasteiger charge is 2.19. The lowest BCUT2D eigenvalue weighted by Gasteiger charge is -2.15. The van der Waals surface area contributed by atoms with E-state index in [4.69, 9.17) is 0 Å². The maximum atomic E-state index is 13.5. The smallest absolute Gasteiger partial charge is 0.123 e. The number of hydrogen-bond acceptors (Lipinski definition) is 6. The first-order valence-electron chi connectivity index (χ1n) is 27.4. The van der Waals surface area contributed by atoms with Crippen molar-refractivity contribution in [2.45, 2.75) is 40.5 Å². The highest BCUT2D eigenvalue weighted by atomic mass is 19.1. The molecule has 0 bridgehead atoms. The monoisotopic (exact) mass is 1070 g/mol. The number of hydrogen-bond donors (Lipinski definition) is 5. The van der Waals surface area contributed by atoms with Crippen LogP contribution in [0.1, 0.15) is 57.2 Å². The molecule has 12 heteroatoms. The number of H-pyrrole nitrogens is 4. The van der Waals surface area contributed by atoms with Crippen molar-refractivity contribution in [2.24, 2.45) is 0 Å². The van der Waals surface area contributed by atoms with Gasteiger partial charge in [-0.2, -0.15) is 10.2 Å². The molecule has 7 heterocycles. The van der Waals surface area contributed by atoms with Gasteiger partial charge < -0.3 is 15.3 Å². The van der Waals surface area contributed by atoms with Gasteiger partial charge in [0.25, 0.3) is 0 Å². The van der Waals surface area contributed by atoms with E-state index in [2.05, 4.69) is 144 Å². The molecular weight excluding hydrogens is 1010 g/mol. The summed E-state index contributed by atoms with van der Waals surface area (Å²) in [7, 11) is 0. The molecule has 1 aliphatic heterocycles. The molecule has 6 aromatic heterocycles. The second-order valence-corrected chi connectivity index (χ2v) is 19.5. The number of aromatic amines is 4. The van der Waals surface area contributed by atoms with Gasteiger partial charge in [0.05, 0.1) is 33.8 Å². The van der Waals surface area contributed by atoms with Gasteiger partial charge in [0.2, 0.25) is 0 Å². The number of fused-ring (bicyclic) bond motifs is 4. The number of halogens is 2. The van der Waals surface area contributed by atoms with Crippen LogP contribution >= 0.6 is 0 Å². The fraction of sp³-hybridized carbons (Fsp3) is 0.130. The number of likely N-dealkylation sites (tertiary alicyclic amines) is 1. The Morgan fingerprint density at radius 1 is 0.556 bits per heavy atom. The van der Waals surface area contributed by atoms with E-state index in [0.717, 1.165) is 148 Å². The van der Waals surface area contributed by atoms with Gasteiger partial charge in [-0.15, -0.1) is 0 Å². The van der Waals surface area contributed by atoms with Gasteiger partial charge in [-0.25, -0.2) is 8.78 Å². The van der Waals surface area contributed by atoms with Crippen LogP contribution in [0.15, 0.2) is 219 Å². The van der Waals surface area contributed by atoms with Crippen molar-refractivity contribution in [2.75, 3.05) is 19.6 Å². The van der Waals surface area contributed by atoms with Crippen molar-refractivity contribution < 1.29 is 8.78 Å². The van der Waals surface area contributed by atoms with Gasteiger partial charge in [-0.1, -0.05) is 100 Å². The van der Waals surface area contributed by atoms with Gasteiger partial charge in [0.1, 0.15) is 23.0 Å². The summed E-state index contributed by atoms with van der Waals surface area (Å²) >= 11 is 0. The predicted molar refractivity (Wildman–Crippen MR) is 333 cm³/mol. The molecule has 10 nitrogen and oxygen atoms in total. The first-order valence-corrected chi connectivity index (χ1v) is 27.4. The fourth-order valence-electron chi connectivity index (χ4n) is 10.3. The number of benzene rings is 5. The Morgan fingerprint density at radius 3 is 1.51 bits per heavy atom. The molecule has 0 amide bonds. The normalized spacial score (nSPS) is 13.3. The third-order valence-corrected chi connectivity index (χ3v) is 14.4. The number of pyridine rings is 2. The van der Waals surface area contributed by atoms with E-state index < -0.39 is 0 Å². The highest BCUT2D eigenvalue weighted by Crippen LogP contribution is 2.37. The Balaban J connectivity index is 0.000000177. The summed E-state index contributed by atoms with van der Waals surface area (Å²) < 4.78 is 27.0. The van der Waals surface area contributed by atoms with E-state index in [1.165, 1.54) is 42.7 Å². The number of aromatic nitrogens is 8. The molecule has 12 rings (SSSR count). The van der Waals surface area contributed by atoms with Crippen LogP contribution in [0.5, 0.6) is 0 Å². The van der Waals surface area contributed by atoms with Crippen molar-refractivity contribution in [1.29, 1.82) is 0 Å². The lowest BCUT2D eigenvalue weighted by atomic mass is 9.99. The summed E-state index contributed by atoms with van der Waals surface area (Å²) in [6.45, 7) is 23.6. The van der Waals surface area contributed by atoms with Gasteiger partial charge in [-0.05, 0) is 182 Å². The molecule has 404 valence electrons. The van der Waals surface area contributed by atoms with Crippen molar-refractivity contribution >= 4 is 60.5 Å². The topological polar surface area (TPSA) is 130 Å². The third kappa shape index (κ3) is 12.0. The second kappa shape index (κ2) is 24.9. The summed E-state index contributed by atoms with van der Waals surface area (Å²) in [4.78, 5) is 18.7. The van der Waals surface area contributed by atoms with Crippen molar-refractivity contribution in [3.8, 4) is 45.3 Å².